The van der Waals surface area contributed by atoms with E-state index in [9.17, 15) is 13.2 Å². The molecule has 0 unspecified atom stereocenters. The Labute approximate surface area is 148 Å². The molecule has 0 radical (unpaired) electrons. The molecule has 1 heterocycles. The largest absolute Gasteiger partial charge is 0.468 e. The van der Waals surface area contributed by atoms with Crippen molar-refractivity contribution < 1.29 is 17.6 Å². The first kappa shape index (κ1) is 19.2. The molecule has 2 aromatic rings. The van der Waals surface area contributed by atoms with Gasteiger partial charge in [0.1, 0.15) is 5.76 Å². The molecule has 0 aliphatic heterocycles. The summed E-state index contributed by atoms with van der Waals surface area (Å²) in [6.07, 6.45) is 1.58. The third kappa shape index (κ3) is 4.68. The van der Waals surface area contributed by atoms with Gasteiger partial charge in [-0.3, -0.25) is 10.1 Å². The van der Waals surface area contributed by atoms with Crippen LogP contribution in [0.3, 0.4) is 0 Å². The predicted octanol–water partition coefficient (Wildman–Crippen LogP) is 2.21. The molecule has 25 heavy (non-hydrogen) atoms. The molecule has 2 rings (SSSR count). The normalized spacial score (nSPS) is 14.3. The van der Waals surface area contributed by atoms with Gasteiger partial charge >= 0.3 is 0 Å². The van der Waals surface area contributed by atoms with Crippen molar-refractivity contribution in [1.82, 2.24) is 9.62 Å². The van der Waals surface area contributed by atoms with Crippen LogP contribution >= 0.6 is 0 Å². The van der Waals surface area contributed by atoms with E-state index in [2.05, 4.69) is 10.6 Å². The zero-order valence-electron chi connectivity index (χ0n) is 14.7. The molecule has 8 heteroatoms. The summed E-state index contributed by atoms with van der Waals surface area (Å²) in [5, 5.41) is 5.86. The zero-order valence-corrected chi connectivity index (χ0v) is 15.5. The zero-order chi connectivity index (χ0) is 18.6. The number of anilines is 1. The van der Waals surface area contributed by atoms with Crippen molar-refractivity contribution in [1.29, 1.82) is 0 Å². The Morgan fingerprint density at radius 3 is 2.48 bits per heavy atom. The second-order valence-corrected chi connectivity index (χ2v) is 8.08. The lowest BCUT2D eigenvalue weighted by atomic mass is 10.2. The molecule has 0 saturated heterocycles. The SMILES string of the molecule is C[C@@H](N[C@H](C)c1ccco1)C(=O)Nc1cccc(S(=O)(=O)N(C)C)c1. The Morgan fingerprint density at radius 2 is 1.88 bits per heavy atom. The number of nitrogens with one attached hydrogen (secondary N) is 2. The molecular formula is C17H23N3O4S. The van der Waals surface area contributed by atoms with E-state index in [0.717, 1.165) is 10.1 Å². The van der Waals surface area contributed by atoms with Gasteiger partial charge in [-0.2, -0.15) is 0 Å². The van der Waals surface area contributed by atoms with Gasteiger partial charge in [-0.15, -0.1) is 0 Å². The lowest BCUT2D eigenvalue weighted by Gasteiger charge is -2.18. The molecule has 0 saturated carbocycles. The van der Waals surface area contributed by atoms with Crippen molar-refractivity contribution in [2.24, 2.45) is 0 Å². The Kier molecular flexibility index (Phi) is 5.99. The van der Waals surface area contributed by atoms with Gasteiger partial charge in [-0.25, -0.2) is 12.7 Å². The molecule has 0 fully saturated rings. The van der Waals surface area contributed by atoms with Crippen LogP contribution in [0.4, 0.5) is 5.69 Å². The average Bonchev–Trinajstić information content (AvgIpc) is 3.09. The maximum atomic E-state index is 12.3. The van der Waals surface area contributed by atoms with Gasteiger partial charge in [0, 0.05) is 19.8 Å². The van der Waals surface area contributed by atoms with Gasteiger partial charge in [0.25, 0.3) is 0 Å². The van der Waals surface area contributed by atoms with E-state index >= 15 is 0 Å². The fourth-order valence-electron chi connectivity index (χ4n) is 2.27. The van der Waals surface area contributed by atoms with E-state index in [1.54, 1.807) is 31.4 Å². The second-order valence-electron chi connectivity index (χ2n) is 5.93. The van der Waals surface area contributed by atoms with Crippen LogP contribution in [-0.2, 0) is 14.8 Å². The van der Waals surface area contributed by atoms with Crippen molar-refractivity contribution in [2.75, 3.05) is 19.4 Å². The summed E-state index contributed by atoms with van der Waals surface area (Å²) in [4.78, 5) is 12.5. The minimum absolute atomic E-state index is 0.125. The first-order valence-corrected chi connectivity index (χ1v) is 9.28. The van der Waals surface area contributed by atoms with Crippen LogP contribution in [-0.4, -0.2) is 38.8 Å². The fourth-order valence-corrected chi connectivity index (χ4v) is 3.21. The summed E-state index contributed by atoms with van der Waals surface area (Å²) in [6, 6.07) is 9.17. The topological polar surface area (TPSA) is 91.6 Å². The summed E-state index contributed by atoms with van der Waals surface area (Å²) in [5.74, 6) is 0.469. The van der Waals surface area contributed by atoms with E-state index in [1.807, 2.05) is 13.0 Å². The smallest absolute Gasteiger partial charge is 0.242 e. The molecule has 1 aromatic carbocycles. The molecule has 1 amide bonds. The predicted molar refractivity (Wildman–Crippen MR) is 95.7 cm³/mol. The number of carbonyl (C=O) groups excluding carboxylic acids is 1. The number of sulfonamides is 1. The van der Waals surface area contributed by atoms with Crippen molar-refractivity contribution in [3.05, 3.63) is 48.4 Å². The number of hydrogen-bond acceptors (Lipinski definition) is 5. The van der Waals surface area contributed by atoms with Gasteiger partial charge in [-0.1, -0.05) is 6.07 Å². The summed E-state index contributed by atoms with van der Waals surface area (Å²) >= 11 is 0. The molecular weight excluding hydrogens is 342 g/mol. The molecule has 2 atom stereocenters. The van der Waals surface area contributed by atoms with Gasteiger partial charge in [-0.05, 0) is 44.2 Å². The minimum Gasteiger partial charge on any atom is -0.468 e. The lowest BCUT2D eigenvalue weighted by Crippen LogP contribution is -2.39. The number of hydrogen-bond donors (Lipinski definition) is 2. The average molecular weight is 365 g/mol. The van der Waals surface area contributed by atoms with E-state index in [0.29, 0.717) is 5.69 Å². The highest BCUT2D eigenvalue weighted by Gasteiger charge is 2.20. The standard InChI is InChI=1S/C17H23N3O4S/c1-12(16-9-6-10-24-16)18-13(2)17(21)19-14-7-5-8-15(11-14)25(22,23)20(3)4/h5-13,18H,1-4H3,(H,19,21)/t12-,13-/m1/s1. The Morgan fingerprint density at radius 1 is 1.16 bits per heavy atom. The first-order valence-electron chi connectivity index (χ1n) is 7.84. The van der Waals surface area contributed by atoms with Gasteiger partial charge in [0.15, 0.2) is 0 Å². The summed E-state index contributed by atoms with van der Waals surface area (Å²) in [6.45, 7) is 3.63. The monoisotopic (exact) mass is 365 g/mol. The number of rotatable bonds is 7. The van der Waals surface area contributed by atoms with Crippen LogP contribution in [0.1, 0.15) is 25.6 Å². The highest BCUT2D eigenvalue weighted by molar-refractivity contribution is 7.89. The van der Waals surface area contributed by atoms with Crippen LogP contribution in [0.5, 0.6) is 0 Å². The number of amides is 1. The van der Waals surface area contributed by atoms with E-state index in [-0.39, 0.29) is 16.8 Å². The quantitative estimate of drug-likeness (QED) is 0.785. The van der Waals surface area contributed by atoms with Crippen molar-refractivity contribution in [2.45, 2.75) is 30.8 Å². The van der Waals surface area contributed by atoms with Gasteiger partial charge in [0.2, 0.25) is 15.9 Å². The maximum absolute atomic E-state index is 12.3. The third-order valence-electron chi connectivity index (χ3n) is 3.74. The summed E-state index contributed by atoms with van der Waals surface area (Å²) < 4.78 is 30.8. The highest BCUT2D eigenvalue weighted by Crippen LogP contribution is 2.18. The fraction of sp³-hybridized carbons (Fsp3) is 0.353. The second kappa shape index (κ2) is 7.81. The molecule has 0 bridgehead atoms. The molecule has 0 spiro atoms. The highest BCUT2D eigenvalue weighted by atomic mass is 32.2. The lowest BCUT2D eigenvalue weighted by molar-refractivity contribution is -0.118. The van der Waals surface area contributed by atoms with Crippen LogP contribution in [0.2, 0.25) is 0 Å². The van der Waals surface area contributed by atoms with Crippen LogP contribution in [0, 0.1) is 0 Å². The van der Waals surface area contributed by atoms with Gasteiger partial charge < -0.3 is 9.73 Å². The number of nitrogens with zero attached hydrogens (tertiary/aromatic N) is 1. The Hall–Kier alpha value is -2.16. The molecule has 1 aromatic heterocycles. The number of furan rings is 1. The van der Waals surface area contributed by atoms with Crippen molar-refractivity contribution in [3.8, 4) is 0 Å². The maximum Gasteiger partial charge on any atom is 0.242 e. The molecule has 0 aliphatic carbocycles. The molecule has 0 aliphatic rings. The Balaban J connectivity index is 2.05. The third-order valence-corrected chi connectivity index (χ3v) is 5.55. The van der Waals surface area contributed by atoms with Crippen LogP contribution in [0.25, 0.3) is 0 Å². The minimum atomic E-state index is -3.55. The first-order chi connectivity index (χ1) is 11.7. The van der Waals surface area contributed by atoms with Gasteiger partial charge in [0.05, 0.1) is 23.2 Å². The molecule has 7 nitrogen and oxygen atoms in total. The number of carbonyl (C=O) groups is 1. The summed E-state index contributed by atoms with van der Waals surface area (Å²) in [7, 11) is -0.628. The Bertz CT molecular complexity index is 816. The van der Waals surface area contributed by atoms with Crippen LogP contribution in [0.15, 0.2) is 52.0 Å². The van der Waals surface area contributed by atoms with E-state index in [4.69, 9.17) is 4.42 Å². The molecule has 2 N–H and O–H groups in total. The van der Waals surface area contributed by atoms with Crippen molar-refractivity contribution >= 4 is 21.6 Å². The van der Waals surface area contributed by atoms with Crippen molar-refractivity contribution in [3.63, 3.8) is 0 Å². The van der Waals surface area contributed by atoms with Crippen LogP contribution < -0.4 is 10.6 Å². The molecule has 136 valence electrons. The summed E-state index contributed by atoms with van der Waals surface area (Å²) in [5.41, 5.74) is 0.423. The van der Waals surface area contributed by atoms with E-state index < -0.39 is 16.1 Å². The number of benzene rings is 1. The van der Waals surface area contributed by atoms with E-state index in [1.165, 1.54) is 26.2 Å².